The predicted octanol–water partition coefficient (Wildman–Crippen LogP) is 3.59. The van der Waals surface area contributed by atoms with E-state index in [4.69, 9.17) is 4.74 Å². The number of ether oxygens (including phenoxy) is 1. The van der Waals surface area contributed by atoms with Crippen LogP contribution in [0.3, 0.4) is 0 Å². The van der Waals surface area contributed by atoms with E-state index in [-0.39, 0.29) is 11.4 Å². The molecule has 0 spiro atoms. The molecule has 0 unspecified atom stereocenters. The van der Waals surface area contributed by atoms with Gasteiger partial charge in [-0.05, 0) is 43.3 Å². The van der Waals surface area contributed by atoms with Crippen molar-refractivity contribution in [2.45, 2.75) is 12.1 Å². The lowest BCUT2D eigenvalue weighted by Crippen LogP contribution is -2.15. The first kappa shape index (κ1) is 18.8. The average Bonchev–Trinajstić information content (AvgIpc) is 3.03. The first-order valence-corrected chi connectivity index (χ1v) is 8.90. The molecular weight excluding hydrogens is 374 g/mol. The first-order chi connectivity index (χ1) is 13.0. The highest BCUT2D eigenvalue weighted by atomic mass is 32.2. The molecule has 0 radical (unpaired) electrons. The first-order valence-electron chi connectivity index (χ1n) is 7.92. The number of aryl methyl sites for hydroxylation is 1. The van der Waals surface area contributed by atoms with Crippen molar-refractivity contribution in [3.63, 3.8) is 0 Å². The summed E-state index contributed by atoms with van der Waals surface area (Å²) in [6, 6.07) is 10.3. The Morgan fingerprint density at radius 3 is 2.59 bits per heavy atom. The molecule has 1 heterocycles. The third-order valence-corrected chi connectivity index (χ3v) is 4.59. The molecule has 27 heavy (non-hydrogen) atoms. The van der Waals surface area contributed by atoms with E-state index in [2.05, 4.69) is 15.5 Å². The van der Waals surface area contributed by atoms with Crippen molar-refractivity contribution in [2.75, 3.05) is 18.2 Å². The summed E-state index contributed by atoms with van der Waals surface area (Å²) in [5.41, 5.74) is 0.751. The molecule has 140 valence electrons. The number of aromatic nitrogens is 3. The molecule has 2 aromatic carbocycles. The molecule has 3 aromatic rings. The Hall–Kier alpha value is -2.94. The number of anilines is 1. The van der Waals surface area contributed by atoms with Gasteiger partial charge in [0.05, 0.1) is 18.6 Å². The van der Waals surface area contributed by atoms with Gasteiger partial charge in [0.25, 0.3) is 0 Å². The van der Waals surface area contributed by atoms with Crippen LogP contribution in [0.15, 0.2) is 47.6 Å². The van der Waals surface area contributed by atoms with Crippen LogP contribution in [0.1, 0.15) is 5.82 Å². The second-order valence-electron chi connectivity index (χ2n) is 5.52. The molecular formula is C18H16F2N4O2S. The maximum Gasteiger partial charge on any atom is 0.234 e. The van der Waals surface area contributed by atoms with Crippen LogP contribution in [0.2, 0.25) is 0 Å². The van der Waals surface area contributed by atoms with Gasteiger partial charge in [0.1, 0.15) is 23.2 Å². The lowest BCUT2D eigenvalue weighted by atomic mass is 10.3. The number of nitrogens with zero attached hydrogens (tertiary/aromatic N) is 3. The molecule has 0 aliphatic rings. The summed E-state index contributed by atoms with van der Waals surface area (Å²) < 4.78 is 33.5. The highest BCUT2D eigenvalue weighted by molar-refractivity contribution is 7.99. The Morgan fingerprint density at radius 2 is 1.93 bits per heavy atom. The number of benzene rings is 2. The van der Waals surface area contributed by atoms with Crippen LogP contribution in [-0.2, 0) is 4.79 Å². The summed E-state index contributed by atoms with van der Waals surface area (Å²) in [5, 5.41) is 11.1. The van der Waals surface area contributed by atoms with E-state index in [0.29, 0.717) is 17.0 Å². The van der Waals surface area contributed by atoms with E-state index in [1.165, 1.54) is 6.07 Å². The molecule has 0 fully saturated rings. The van der Waals surface area contributed by atoms with Gasteiger partial charge in [-0.2, -0.15) is 0 Å². The van der Waals surface area contributed by atoms with Crippen LogP contribution < -0.4 is 10.1 Å². The van der Waals surface area contributed by atoms with Gasteiger partial charge in [-0.15, -0.1) is 10.2 Å². The van der Waals surface area contributed by atoms with Crippen molar-refractivity contribution in [3.05, 3.63) is 59.9 Å². The zero-order valence-electron chi connectivity index (χ0n) is 14.6. The summed E-state index contributed by atoms with van der Waals surface area (Å²) >= 11 is 1.16. The van der Waals surface area contributed by atoms with Crippen LogP contribution in [0, 0.1) is 18.6 Å². The van der Waals surface area contributed by atoms with E-state index in [1.807, 2.05) is 24.3 Å². The minimum atomic E-state index is -0.828. The molecule has 0 saturated heterocycles. The molecule has 0 saturated carbocycles. The predicted molar refractivity (Wildman–Crippen MR) is 98.4 cm³/mol. The Kier molecular flexibility index (Phi) is 5.70. The molecule has 0 bridgehead atoms. The van der Waals surface area contributed by atoms with Crippen molar-refractivity contribution < 1.29 is 18.3 Å². The Morgan fingerprint density at radius 1 is 1.19 bits per heavy atom. The van der Waals surface area contributed by atoms with E-state index >= 15 is 0 Å². The number of carbonyl (C=O) groups is 1. The Labute approximate surface area is 158 Å². The highest BCUT2D eigenvalue weighted by Gasteiger charge is 2.14. The van der Waals surface area contributed by atoms with Crippen LogP contribution in [0.5, 0.6) is 5.75 Å². The van der Waals surface area contributed by atoms with Crippen molar-refractivity contribution in [2.24, 2.45) is 0 Å². The van der Waals surface area contributed by atoms with Crippen molar-refractivity contribution in [1.82, 2.24) is 14.8 Å². The number of hydrogen-bond donors (Lipinski definition) is 1. The van der Waals surface area contributed by atoms with E-state index in [0.717, 1.165) is 29.3 Å². The molecule has 1 N–H and O–H groups in total. The smallest absolute Gasteiger partial charge is 0.234 e. The Balaban J connectivity index is 1.70. The number of hydrogen-bond acceptors (Lipinski definition) is 5. The van der Waals surface area contributed by atoms with Gasteiger partial charge in [-0.1, -0.05) is 11.8 Å². The summed E-state index contributed by atoms with van der Waals surface area (Å²) in [6.07, 6.45) is 0. The maximum atomic E-state index is 13.6. The zero-order valence-corrected chi connectivity index (χ0v) is 15.4. The summed E-state index contributed by atoms with van der Waals surface area (Å²) in [4.78, 5) is 12.1. The number of methoxy groups -OCH3 is 1. The fourth-order valence-electron chi connectivity index (χ4n) is 2.37. The van der Waals surface area contributed by atoms with Gasteiger partial charge >= 0.3 is 0 Å². The van der Waals surface area contributed by atoms with Gasteiger partial charge < -0.3 is 10.1 Å². The Bertz CT molecular complexity index is 960. The molecule has 0 atom stereocenters. The maximum absolute atomic E-state index is 13.6. The minimum Gasteiger partial charge on any atom is -0.497 e. The third-order valence-electron chi connectivity index (χ3n) is 3.66. The second-order valence-corrected chi connectivity index (χ2v) is 6.47. The number of halogens is 2. The summed E-state index contributed by atoms with van der Waals surface area (Å²) in [5.74, 6) is -0.599. The lowest BCUT2D eigenvalue weighted by molar-refractivity contribution is -0.113. The number of nitrogens with one attached hydrogen (secondary N) is 1. The number of carbonyl (C=O) groups excluding carboxylic acids is 1. The quantitative estimate of drug-likeness (QED) is 0.652. The fourth-order valence-corrected chi connectivity index (χ4v) is 3.17. The van der Waals surface area contributed by atoms with Crippen molar-refractivity contribution >= 4 is 23.4 Å². The second kappa shape index (κ2) is 8.17. The minimum absolute atomic E-state index is 0.00882. The van der Waals surface area contributed by atoms with Gasteiger partial charge in [0, 0.05) is 11.8 Å². The van der Waals surface area contributed by atoms with Crippen LogP contribution >= 0.6 is 11.8 Å². The number of amides is 1. The molecule has 3 rings (SSSR count). The van der Waals surface area contributed by atoms with Gasteiger partial charge in [-0.3, -0.25) is 9.36 Å². The average molecular weight is 390 g/mol. The van der Waals surface area contributed by atoms with E-state index in [9.17, 15) is 13.6 Å². The fraction of sp³-hybridized carbons (Fsp3) is 0.167. The zero-order chi connectivity index (χ0) is 19.4. The van der Waals surface area contributed by atoms with Gasteiger partial charge in [-0.25, -0.2) is 8.78 Å². The molecule has 1 aromatic heterocycles. The molecule has 9 heteroatoms. The van der Waals surface area contributed by atoms with Crippen LogP contribution in [0.4, 0.5) is 14.5 Å². The van der Waals surface area contributed by atoms with E-state index < -0.39 is 17.5 Å². The number of thioether (sulfide) groups is 1. The van der Waals surface area contributed by atoms with Gasteiger partial charge in [0.15, 0.2) is 5.16 Å². The van der Waals surface area contributed by atoms with E-state index in [1.54, 1.807) is 18.6 Å². The molecule has 6 nitrogen and oxygen atoms in total. The molecule has 1 amide bonds. The van der Waals surface area contributed by atoms with Gasteiger partial charge in [0.2, 0.25) is 5.91 Å². The van der Waals surface area contributed by atoms with Crippen LogP contribution in [-0.4, -0.2) is 33.5 Å². The topological polar surface area (TPSA) is 69.0 Å². The van der Waals surface area contributed by atoms with Crippen molar-refractivity contribution in [1.29, 1.82) is 0 Å². The standard InChI is InChI=1S/C18H16F2N4O2S/c1-11-22-23-18(24(11)13-4-6-14(26-2)7-5-13)27-10-17(25)21-16-8-3-12(19)9-15(16)20/h3-9H,10H2,1-2H3,(H,21,25). The van der Waals surface area contributed by atoms with Crippen LogP contribution in [0.25, 0.3) is 5.69 Å². The summed E-state index contributed by atoms with van der Waals surface area (Å²) in [7, 11) is 1.59. The largest absolute Gasteiger partial charge is 0.497 e. The third kappa shape index (κ3) is 4.43. The highest BCUT2D eigenvalue weighted by Crippen LogP contribution is 2.24. The number of rotatable bonds is 6. The van der Waals surface area contributed by atoms with Crippen molar-refractivity contribution in [3.8, 4) is 11.4 Å². The molecule has 0 aliphatic heterocycles. The SMILES string of the molecule is COc1ccc(-n2c(C)nnc2SCC(=O)Nc2ccc(F)cc2F)cc1. The monoisotopic (exact) mass is 390 g/mol. The normalized spacial score (nSPS) is 10.7. The molecule has 0 aliphatic carbocycles. The lowest BCUT2D eigenvalue weighted by Gasteiger charge is -2.09. The summed E-state index contributed by atoms with van der Waals surface area (Å²) in [6.45, 7) is 1.80.